The number of aliphatic hydroxyl groups excluding tert-OH is 1. The number of hydrogen-bond donors (Lipinski definition) is 2. The van der Waals surface area contributed by atoms with E-state index in [-0.39, 0.29) is 12.6 Å². The number of fused-ring (bicyclic) bond motifs is 1. The quantitative estimate of drug-likeness (QED) is 0.437. The summed E-state index contributed by atoms with van der Waals surface area (Å²) in [7, 11) is 0. The highest BCUT2D eigenvalue weighted by Gasteiger charge is 2.20. The number of thiophene rings is 1. The summed E-state index contributed by atoms with van der Waals surface area (Å²) in [5.74, 6) is 0.314. The normalized spacial score (nSPS) is 13.3. The van der Waals surface area contributed by atoms with Crippen LogP contribution in [0.15, 0.2) is 52.2 Å². The monoisotopic (exact) mass is 471 g/mol. The van der Waals surface area contributed by atoms with Crippen molar-refractivity contribution in [1.82, 2.24) is 14.5 Å². The minimum Gasteiger partial charge on any atom is -0.469 e. The van der Waals surface area contributed by atoms with E-state index in [0.717, 1.165) is 16.0 Å². The highest BCUT2D eigenvalue weighted by atomic mass is 35.5. The van der Waals surface area contributed by atoms with Gasteiger partial charge in [-0.3, -0.25) is 14.3 Å². The minimum absolute atomic E-state index is 0.0780. The third-order valence-corrected chi connectivity index (χ3v) is 6.77. The number of pyridine rings is 1. The molecule has 9 heteroatoms. The molecule has 0 saturated heterocycles. The van der Waals surface area contributed by atoms with E-state index in [4.69, 9.17) is 16.3 Å². The number of H-pyrrole nitrogens is 1. The molecule has 4 aromatic rings. The zero-order valence-electron chi connectivity index (χ0n) is 17.8. The van der Waals surface area contributed by atoms with Crippen LogP contribution in [0.5, 0.6) is 5.88 Å². The molecule has 0 aliphatic carbocycles. The average Bonchev–Trinajstić information content (AvgIpc) is 3.10. The number of benzene rings is 1. The van der Waals surface area contributed by atoms with E-state index in [9.17, 15) is 14.7 Å². The van der Waals surface area contributed by atoms with Crippen molar-refractivity contribution < 1.29 is 9.84 Å². The number of aryl methyl sites for hydroxylation is 1. The first-order chi connectivity index (χ1) is 15.3. The number of aromatic nitrogens is 3. The fraction of sp³-hybridized carbons (Fsp3) is 0.261. The van der Waals surface area contributed by atoms with E-state index in [1.165, 1.54) is 15.9 Å². The van der Waals surface area contributed by atoms with E-state index in [1.807, 2.05) is 44.2 Å². The van der Waals surface area contributed by atoms with Crippen molar-refractivity contribution >= 4 is 33.2 Å². The lowest BCUT2D eigenvalue weighted by Gasteiger charge is -2.15. The zero-order valence-corrected chi connectivity index (χ0v) is 19.3. The van der Waals surface area contributed by atoms with Crippen molar-refractivity contribution in [2.75, 3.05) is 0 Å². The standard InChI is InChI=1S/C23H22ClN3O4S/c1-12(28)11-27-22-18(20(29)26-23(27)30)13(2)19(32-22)16-9-17(24)21(25-10-16)31-14(3)15-7-5-4-6-8-15/h4-10,12,14,28H,11H2,1-3H3,(H,26,29,30). The first-order valence-corrected chi connectivity index (χ1v) is 11.3. The summed E-state index contributed by atoms with van der Waals surface area (Å²) in [6.45, 7) is 5.40. The predicted molar refractivity (Wildman–Crippen MR) is 127 cm³/mol. The smallest absolute Gasteiger partial charge is 0.329 e. The molecule has 166 valence electrons. The first-order valence-electron chi connectivity index (χ1n) is 10.1. The largest absolute Gasteiger partial charge is 0.469 e. The lowest BCUT2D eigenvalue weighted by molar-refractivity contribution is 0.173. The number of rotatable bonds is 6. The number of ether oxygens (including phenoxy) is 1. The molecular weight excluding hydrogens is 450 g/mol. The highest BCUT2D eigenvalue weighted by molar-refractivity contribution is 7.22. The van der Waals surface area contributed by atoms with Crippen LogP contribution in [0.4, 0.5) is 0 Å². The Labute approximate surface area is 192 Å². The Balaban J connectivity index is 1.74. The molecule has 0 saturated carbocycles. The van der Waals surface area contributed by atoms with Crippen LogP contribution in [0, 0.1) is 6.92 Å². The Kier molecular flexibility index (Phi) is 6.19. The van der Waals surface area contributed by atoms with Crippen LogP contribution in [-0.2, 0) is 6.54 Å². The maximum atomic E-state index is 12.5. The van der Waals surface area contributed by atoms with Gasteiger partial charge in [0.05, 0.1) is 18.0 Å². The molecule has 32 heavy (non-hydrogen) atoms. The van der Waals surface area contributed by atoms with Gasteiger partial charge in [0.25, 0.3) is 5.56 Å². The molecule has 0 aliphatic heterocycles. The lowest BCUT2D eigenvalue weighted by Crippen LogP contribution is -2.32. The molecule has 0 spiro atoms. The summed E-state index contributed by atoms with van der Waals surface area (Å²) < 4.78 is 7.33. The van der Waals surface area contributed by atoms with Gasteiger partial charge in [-0.15, -0.1) is 11.3 Å². The fourth-order valence-electron chi connectivity index (χ4n) is 3.58. The number of hydrogen-bond acceptors (Lipinski definition) is 6. The molecule has 4 rings (SSSR count). The van der Waals surface area contributed by atoms with Crippen molar-refractivity contribution in [3.05, 3.63) is 79.6 Å². The van der Waals surface area contributed by atoms with E-state index in [2.05, 4.69) is 9.97 Å². The number of aromatic amines is 1. The number of aliphatic hydroxyl groups is 1. The van der Waals surface area contributed by atoms with E-state index >= 15 is 0 Å². The summed E-state index contributed by atoms with van der Waals surface area (Å²) >= 11 is 7.77. The second-order valence-electron chi connectivity index (χ2n) is 7.64. The third-order valence-electron chi connectivity index (χ3n) is 5.14. The Morgan fingerprint density at radius 1 is 1.25 bits per heavy atom. The fourth-order valence-corrected chi connectivity index (χ4v) is 5.08. The van der Waals surface area contributed by atoms with Gasteiger partial charge in [0.1, 0.15) is 16.0 Å². The van der Waals surface area contributed by atoms with Crippen LogP contribution in [-0.4, -0.2) is 25.7 Å². The predicted octanol–water partition coefficient (Wildman–Crippen LogP) is 4.30. The molecule has 7 nitrogen and oxygen atoms in total. The van der Waals surface area contributed by atoms with E-state index < -0.39 is 17.4 Å². The summed E-state index contributed by atoms with van der Waals surface area (Å²) in [4.78, 5) is 32.8. The van der Waals surface area contributed by atoms with Gasteiger partial charge in [0.2, 0.25) is 5.88 Å². The Hall–Kier alpha value is -2.94. The summed E-state index contributed by atoms with van der Waals surface area (Å²) in [6, 6.07) is 11.5. The third kappa shape index (κ3) is 4.21. The first kappa shape index (κ1) is 22.3. The topological polar surface area (TPSA) is 97.2 Å². The molecule has 0 aliphatic rings. The second-order valence-corrected chi connectivity index (χ2v) is 9.04. The summed E-state index contributed by atoms with van der Waals surface area (Å²) in [6.07, 6.45) is 0.667. The van der Waals surface area contributed by atoms with Gasteiger partial charge in [0, 0.05) is 16.6 Å². The van der Waals surface area contributed by atoms with Crippen LogP contribution in [0.3, 0.4) is 0 Å². The molecule has 1 aromatic carbocycles. The van der Waals surface area contributed by atoms with Gasteiger partial charge in [-0.1, -0.05) is 41.9 Å². The number of nitrogens with zero attached hydrogens (tertiary/aromatic N) is 2. The molecule has 2 unspecified atom stereocenters. The molecule has 0 bridgehead atoms. The molecule has 0 amide bonds. The van der Waals surface area contributed by atoms with Crippen molar-refractivity contribution in [3.63, 3.8) is 0 Å². The van der Waals surface area contributed by atoms with Crippen LogP contribution in [0.1, 0.15) is 31.1 Å². The number of nitrogens with one attached hydrogen (secondary N) is 1. The van der Waals surface area contributed by atoms with E-state index in [1.54, 1.807) is 19.2 Å². The Morgan fingerprint density at radius 2 is 1.97 bits per heavy atom. The van der Waals surface area contributed by atoms with Crippen molar-refractivity contribution in [2.24, 2.45) is 0 Å². The highest BCUT2D eigenvalue weighted by Crippen LogP contribution is 2.38. The molecular formula is C23H22ClN3O4S. The van der Waals surface area contributed by atoms with Gasteiger partial charge >= 0.3 is 5.69 Å². The zero-order chi connectivity index (χ0) is 23.0. The number of halogens is 1. The van der Waals surface area contributed by atoms with E-state index in [0.29, 0.717) is 26.7 Å². The molecule has 3 heterocycles. The van der Waals surface area contributed by atoms with Crippen LogP contribution < -0.4 is 16.0 Å². The van der Waals surface area contributed by atoms with Gasteiger partial charge < -0.3 is 9.84 Å². The molecule has 2 N–H and O–H groups in total. The molecule has 0 fully saturated rings. The Morgan fingerprint density at radius 3 is 2.62 bits per heavy atom. The van der Waals surface area contributed by atoms with Gasteiger partial charge in [0.15, 0.2) is 0 Å². The Bertz CT molecular complexity index is 1390. The maximum Gasteiger partial charge on any atom is 0.329 e. The minimum atomic E-state index is -0.744. The van der Waals surface area contributed by atoms with Crippen molar-refractivity contribution in [3.8, 4) is 16.3 Å². The molecule has 0 radical (unpaired) electrons. The molecule has 3 aromatic heterocycles. The summed E-state index contributed by atoms with van der Waals surface area (Å²) in [5, 5.41) is 10.5. The van der Waals surface area contributed by atoms with Gasteiger partial charge in [-0.05, 0) is 38.0 Å². The maximum absolute atomic E-state index is 12.5. The molecule has 2 atom stereocenters. The SMILES string of the molecule is Cc1c(-c2cnc(OC(C)c3ccccc3)c(Cl)c2)sc2c1c(=O)[nH]c(=O)n2CC(C)O. The van der Waals surface area contributed by atoms with Gasteiger partial charge in [-0.25, -0.2) is 9.78 Å². The van der Waals surface area contributed by atoms with Crippen LogP contribution in [0.25, 0.3) is 20.7 Å². The average molecular weight is 472 g/mol. The van der Waals surface area contributed by atoms with Crippen LogP contribution >= 0.6 is 22.9 Å². The van der Waals surface area contributed by atoms with Gasteiger partial charge in [-0.2, -0.15) is 0 Å². The summed E-state index contributed by atoms with van der Waals surface area (Å²) in [5.41, 5.74) is 1.43. The van der Waals surface area contributed by atoms with Crippen LogP contribution in [0.2, 0.25) is 5.02 Å². The lowest BCUT2D eigenvalue weighted by atomic mass is 10.1. The second kappa shape index (κ2) is 8.90. The van der Waals surface area contributed by atoms with Crippen molar-refractivity contribution in [2.45, 2.75) is 39.5 Å². The van der Waals surface area contributed by atoms with Crippen molar-refractivity contribution in [1.29, 1.82) is 0 Å².